The van der Waals surface area contributed by atoms with Gasteiger partial charge in [0.05, 0.1) is 0 Å². The fraction of sp³-hybridized carbons (Fsp3) is 0.556. The van der Waals surface area contributed by atoms with Crippen LogP contribution in [0.25, 0.3) is 0 Å². The summed E-state index contributed by atoms with van der Waals surface area (Å²) in [5.74, 6) is 0.861. The lowest BCUT2D eigenvalue weighted by Gasteiger charge is -2.15. The summed E-state index contributed by atoms with van der Waals surface area (Å²) < 4.78 is 5.48. The van der Waals surface area contributed by atoms with Crippen LogP contribution in [0.5, 0.6) is 5.75 Å². The van der Waals surface area contributed by atoms with Crippen molar-refractivity contribution >= 4 is 24.2 Å². The minimum absolute atomic E-state index is 0. The zero-order valence-electron chi connectivity index (χ0n) is 14.9. The van der Waals surface area contributed by atoms with E-state index in [9.17, 15) is 9.59 Å². The number of nitrogens with two attached hydrogens (primary N) is 1. The van der Waals surface area contributed by atoms with Crippen LogP contribution in [-0.2, 0) is 16.1 Å². The Labute approximate surface area is 155 Å². The summed E-state index contributed by atoms with van der Waals surface area (Å²) in [6, 6.07) is 7.56. The van der Waals surface area contributed by atoms with E-state index in [0.717, 1.165) is 24.8 Å². The molecule has 2 atom stereocenters. The van der Waals surface area contributed by atoms with Gasteiger partial charge >= 0.3 is 0 Å². The number of carbonyl (C=O) groups excluding carboxylic acids is 2. The smallest absolute Gasteiger partial charge is 0.259 e. The molecule has 1 aromatic carbocycles. The molecule has 3 N–H and O–H groups in total. The van der Waals surface area contributed by atoms with E-state index in [0.29, 0.717) is 24.6 Å². The van der Waals surface area contributed by atoms with Crippen LogP contribution in [0.1, 0.15) is 31.2 Å². The van der Waals surface area contributed by atoms with E-state index in [2.05, 4.69) is 5.32 Å². The molecule has 1 saturated carbocycles. The normalized spacial score (nSPS) is 19.0. The van der Waals surface area contributed by atoms with Crippen molar-refractivity contribution in [3.05, 3.63) is 29.8 Å². The molecule has 0 aromatic heterocycles. The van der Waals surface area contributed by atoms with Crippen molar-refractivity contribution in [2.75, 3.05) is 20.7 Å². The number of halogens is 1. The summed E-state index contributed by atoms with van der Waals surface area (Å²) in [6.45, 7) is 0.446. The molecule has 2 rings (SSSR count). The van der Waals surface area contributed by atoms with Crippen molar-refractivity contribution < 1.29 is 14.3 Å². The molecular weight excluding hydrogens is 342 g/mol. The summed E-state index contributed by atoms with van der Waals surface area (Å²) in [5.41, 5.74) is 6.94. The Morgan fingerprint density at radius 2 is 2.08 bits per heavy atom. The second-order valence-electron chi connectivity index (χ2n) is 6.56. The van der Waals surface area contributed by atoms with E-state index in [1.165, 1.54) is 4.90 Å². The molecule has 25 heavy (non-hydrogen) atoms. The second-order valence-corrected chi connectivity index (χ2v) is 6.56. The molecule has 7 heteroatoms. The monoisotopic (exact) mass is 369 g/mol. The zero-order valence-corrected chi connectivity index (χ0v) is 15.7. The highest BCUT2D eigenvalue weighted by Crippen LogP contribution is 2.26. The molecule has 1 fully saturated rings. The maximum atomic E-state index is 12.0. The van der Waals surface area contributed by atoms with Crippen LogP contribution >= 0.6 is 12.4 Å². The molecule has 1 aliphatic rings. The molecule has 140 valence electrons. The van der Waals surface area contributed by atoms with Gasteiger partial charge in [0.15, 0.2) is 6.61 Å². The first-order valence-electron chi connectivity index (χ1n) is 8.40. The topological polar surface area (TPSA) is 84.7 Å². The maximum Gasteiger partial charge on any atom is 0.259 e. The number of benzene rings is 1. The summed E-state index contributed by atoms with van der Waals surface area (Å²) in [7, 11) is 3.38. The van der Waals surface area contributed by atoms with E-state index < -0.39 is 0 Å². The number of nitrogens with one attached hydrogen (secondary N) is 1. The third kappa shape index (κ3) is 6.92. The Kier molecular flexibility index (Phi) is 8.72. The maximum absolute atomic E-state index is 12.0. The fourth-order valence-electron chi connectivity index (χ4n) is 2.85. The number of rotatable bonds is 7. The van der Waals surface area contributed by atoms with Gasteiger partial charge in [0.25, 0.3) is 5.91 Å². The summed E-state index contributed by atoms with van der Waals surface area (Å²) in [4.78, 5) is 25.1. The summed E-state index contributed by atoms with van der Waals surface area (Å²) >= 11 is 0. The molecule has 0 saturated heterocycles. The van der Waals surface area contributed by atoms with Gasteiger partial charge in [-0.1, -0.05) is 18.6 Å². The van der Waals surface area contributed by atoms with Crippen molar-refractivity contribution in [2.24, 2.45) is 11.7 Å². The van der Waals surface area contributed by atoms with Gasteiger partial charge in [0.1, 0.15) is 5.75 Å². The van der Waals surface area contributed by atoms with Gasteiger partial charge in [-0.3, -0.25) is 9.59 Å². The lowest BCUT2D eigenvalue weighted by Crippen LogP contribution is -2.31. The van der Waals surface area contributed by atoms with Gasteiger partial charge in [-0.05, 0) is 36.5 Å². The van der Waals surface area contributed by atoms with Gasteiger partial charge < -0.3 is 20.7 Å². The average molecular weight is 370 g/mol. The lowest BCUT2D eigenvalue weighted by molar-refractivity contribution is -0.130. The third-order valence-electron chi connectivity index (χ3n) is 4.41. The predicted molar refractivity (Wildman–Crippen MR) is 99.7 cm³/mol. The van der Waals surface area contributed by atoms with Crippen LogP contribution in [0.3, 0.4) is 0 Å². The molecule has 2 amide bonds. The minimum atomic E-state index is -0.0957. The molecule has 6 nitrogen and oxygen atoms in total. The Morgan fingerprint density at radius 1 is 1.32 bits per heavy atom. The molecule has 0 heterocycles. The number of amides is 2. The van der Waals surface area contributed by atoms with Crippen LogP contribution in [0.2, 0.25) is 0 Å². The van der Waals surface area contributed by atoms with Crippen molar-refractivity contribution in [1.29, 1.82) is 0 Å². The molecule has 1 aliphatic carbocycles. The molecule has 0 aliphatic heterocycles. The molecule has 0 radical (unpaired) electrons. The molecular formula is C18H28ClN3O3. The van der Waals surface area contributed by atoms with Crippen molar-refractivity contribution in [2.45, 2.75) is 38.3 Å². The van der Waals surface area contributed by atoms with Crippen LogP contribution in [0, 0.1) is 5.92 Å². The minimum Gasteiger partial charge on any atom is -0.484 e. The average Bonchev–Trinajstić information content (AvgIpc) is 2.96. The van der Waals surface area contributed by atoms with Crippen LogP contribution < -0.4 is 15.8 Å². The van der Waals surface area contributed by atoms with E-state index in [1.807, 2.05) is 18.2 Å². The number of carbonyl (C=O) groups is 2. The zero-order chi connectivity index (χ0) is 17.5. The first-order valence-corrected chi connectivity index (χ1v) is 8.40. The Morgan fingerprint density at radius 3 is 2.72 bits per heavy atom. The Bertz CT molecular complexity index is 580. The SMILES string of the molecule is CN(C)C(=O)COc1cccc(CNC(=O)C[C@@H]2CCC[C@H]2N)c1.Cl. The largest absolute Gasteiger partial charge is 0.484 e. The Balaban J connectivity index is 0.00000312. The van der Waals surface area contributed by atoms with Gasteiger partial charge in [-0.2, -0.15) is 0 Å². The highest BCUT2D eigenvalue weighted by atomic mass is 35.5. The highest BCUT2D eigenvalue weighted by molar-refractivity contribution is 5.85. The first kappa shape index (κ1) is 21.3. The highest BCUT2D eigenvalue weighted by Gasteiger charge is 2.25. The van der Waals surface area contributed by atoms with Crippen LogP contribution in [0.15, 0.2) is 24.3 Å². The fourth-order valence-corrected chi connectivity index (χ4v) is 2.85. The quantitative estimate of drug-likeness (QED) is 0.766. The Hall–Kier alpha value is -1.79. The van der Waals surface area contributed by atoms with Crippen molar-refractivity contribution in [1.82, 2.24) is 10.2 Å². The predicted octanol–water partition coefficient (Wildman–Crippen LogP) is 1.71. The summed E-state index contributed by atoms with van der Waals surface area (Å²) in [5, 5.41) is 2.93. The van der Waals surface area contributed by atoms with Gasteiger partial charge in [-0.25, -0.2) is 0 Å². The lowest BCUT2D eigenvalue weighted by atomic mass is 10.00. The van der Waals surface area contributed by atoms with E-state index in [-0.39, 0.29) is 36.9 Å². The molecule has 0 unspecified atom stereocenters. The third-order valence-corrected chi connectivity index (χ3v) is 4.41. The number of ether oxygens (including phenoxy) is 1. The van der Waals surface area contributed by atoms with E-state index in [4.69, 9.17) is 10.5 Å². The van der Waals surface area contributed by atoms with Crippen LogP contribution in [0.4, 0.5) is 0 Å². The summed E-state index contributed by atoms with van der Waals surface area (Å²) in [6.07, 6.45) is 3.67. The number of nitrogens with zero attached hydrogens (tertiary/aromatic N) is 1. The number of hydrogen-bond acceptors (Lipinski definition) is 4. The molecule has 1 aromatic rings. The van der Waals surface area contributed by atoms with E-state index in [1.54, 1.807) is 20.2 Å². The van der Waals surface area contributed by atoms with Crippen molar-refractivity contribution in [3.8, 4) is 5.75 Å². The molecule has 0 spiro atoms. The number of likely N-dealkylation sites (N-methyl/N-ethyl adjacent to an activating group) is 1. The van der Waals surface area contributed by atoms with Gasteiger partial charge in [0, 0.05) is 33.1 Å². The second kappa shape index (κ2) is 10.3. The van der Waals surface area contributed by atoms with E-state index >= 15 is 0 Å². The number of hydrogen-bond donors (Lipinski definition) is 2. The molecule has 0 bridgehead atoms. The van der Waals surface area contributed by atoms with Crippen molar-refractivity contribution in [3.63, 3.8) is 0 Å². The van der Waals surface area contributed by atoms with Gasteiger partial charge in [0.2, 0.25) is 5.91 Å². The van der Waals surface area contributed by atoms with Gasteiger partial charge in [-0.15, -0.1) is 12.4 Å². The standard InChI is InChI=1S/C18H27N3O3.ClH/c1-21(2)18(23)12-24-15-7-3-5-13(9-15)11-20-17(22)10-14-6-4-8-16(14)19;/h3,5,7,9,14,16H,4,6,8,10-12,19H2,1-2H3,(H,20,22);1H/t14-,16+;/m0./s1. The van der Waals surface area contributed by atoms with Crippen LogP contribution in [-0.4, -0.2) is 43.5 Å². The first-order chi connectivity index (χ1) is 11.5.